The largest absolute Gasteiger partial charge is 0.508 e. The first-order chi connectivity index (χ1) is 13.5. The molecule has 0 fully saturated rings. The highest BCUT2D eigenvalue weighted by Gasteiger charge is 2.46. The van der Waals surface area contributed by atoms with Crippen molar-refractivity contribution >= 4 is 17.4 Å². The quantitative estimate of drug-likeness (QED) is 0.600. The Bertz CT molecular complexity index is 1100. The summed E-state index contributed by atoms with van der Waals surface area (Å²) in [6, 6.07) is 14.0. The molecular weight excluding hydrogens is 362 g/mol. The number of furan rings is 1. The van der Waals surface area contributed by atoms with Gasteiger partial charge in [0.15, 0.2) is 11.5 Å². The first-order valence-electron chi connectivity index (χ1n) is 8.41. The molecule has 0 saturated heterocycles. The molecule has 1 aromatic heterocycles. The lowest BCUT2D eigenvalue weighted by molar-refractivity contribution is -0.117. The van der Waals surface area contributed by atoms with E-state index in [9.17, 15) is 24.9 Å². The highest BCUT2D eigenvalue weighted by molar-refractivity contribution is 6.20. The topological polar surface area (TPSA) is 111 Å². The van der Waals surface area contributed by atoms with Gasteiger partial charge in [-0.2, -0.15) is 0 Å². The fourth-order valence-corrected chi connectivity index (χ4v) is 3.30. The molecule has 4 rings (SSSR count). The van der Waals surface area contributed by atoms with Crippen LogP contribution in [0, 0.1) is 0 Å². The number of aromatic hydroxyl groups is 2. The molecule has 7 heteroatoms. The molecule has 2 aromatic carbocycles. The summed E-state index contributed by atoms with van der Waals surface area (Å²) < 4.78 is 5.14. The van der Waals surface area contributed by atoms with Gasteiger partial charge in [-0.3, -0.25) is 14.5 Å². The van der Waals surface area contributed by atoms with Gasteiger partial charge in [-0.1, -0.05) is 24.3 Å². The van der Waals surface area contributed by atoms with Crippen LogP contribution in [0.1, 0.15) is 22.2 Å². The van der Waals surface area contributed by atoms with Crippen molar-refractivity contribution in [3.63, 3.8) is 0 Å². The van der Waals surface area contributed by atoms with Crippen molar-refractivity contribution in [1.29, 1.82) is 0 Å². The van der Waals surface area contributed by atoms with Gasteiger partial charge >= 0.3 is 0 Å². The number of carbonyl (C=O) groups is 2. The van der Waals surface area contributed by atoms with Gasteiger partial charge in [0.05, 0.1) is 23.6 Å². The first kappa shape index (κ1) is 17.4. The van der Waals surface area contributed by atoms with Crippen LogP contribution >= 0.6 is 0 Å². The fourth-order valence-electron chi connectivity index (χ4n) is 3.30. The Morgan fingerprint density at radius 2 is 1.75 bits per heavy atom. The summed E-state index contributed by atoms with van der Waals surface area (Å²) in [6.07, 6.45) is 1.31. The van der Waals surface area contributed by atoms with Gasteiger partial charge in [0, 0.05) is 0 Å². The van der Waals surface area contributed by atoms with E-state index in [0.717, 1.165) is 4.90 Å². The highest BCUT2D eigenvalue weighted by atomic mass is 16.3. The molecule has 0 bridgehead atoms. The lowest BCUT2D eigenvalue weighted by atomic mass is 9.94. The van der Waals surface area contributed by atoms with E-state index in [4.69, 9.17) is 4.42 Å². The molecule has 3 aromatic rings. The van der Waals surface area contributed by atoms with E-state index in [1.807, 2.05) is 0 Å². The normalized spacial score (nSPS) is 16.6. The third kappa shape index (κ3) is 2.69. The number of benzene rings is 2. The Morgan fingerprint density at radius 1 is 0.964 bits per heavy atom. The van der Waals surface area contributed by atoms with E-state index < -0.39 is 23.5 Å². The SMILES string of the molecule is O=C(C1=C(O)C(=O)N(c2ccccc2O)C1c1cccc(O)c1)c1ccco1. The summed E-state index contributed by atoms with van der Waals surface area (Å²) in [5.41, 5.74) is 0.305. The van der Waals surface area contributed by atoms with Crippen LogP contribution in [-0.2, 0) is 4.79 Å². The van der Waals surface area contributed by atoms with Gasteiger partial charge < -0.3 is 19.7 Å². The molecule has 3 N–H and O–H groups in total. The molecule has 1 aliphatic rings. The molecular formula is C21H15NO6. The summed E-state index contributed by atoms with van der Waals surface area (Å²) in [5.74, 6) is -2.55. The summed E-state index contributed by atoms with van der Waals surface area (Å²) >= 11 is 0. The molecule has 0 aliphatic carbocycles. The number of anilines is 1. The van der Waals surface area contributed by atoms with Crippen molar-refractivity contribution in [2.45, 2.75) is 6.04 Å². The molecule has 1 unspecified atom stereocenters. The van der Waals surface area contributed by atoms with E-state index in [-0.39, 0.29) is 28.5 Å². The number of ketones is 1. The number of amides is 1. The Labute approximate surface area is 159 Å². The van der Waals surface area contributed by atoms with Crippen LogP contribution in [0.25, 0.3) is 0 Å². The van der Waals surface area contributed by atoms with Crippen molar-refractivity contribution in [3.8, 4) is 11.5 Å². The summed E-state index contributed by atoms with van der Waals surface area (Å²) in [4.78, 5) is 27.0. The minimum atomic E-state index is -1.06. The van der Waals surface area contributed by atoms with Crippen LogP contribution in [0.15, 0.2) is 82.7 Å². The number of para-hydroxylation sites is 2. The van der Waals surface area contributed by atoms with Crippen LogP contribution in [0.2, 0.25) is 0 Å². The predicted molar refractivity (Wildman–Crippen MR) is 99.1 cm³/mol. The van der Waals surface area contributed by atoms with Crippen molar-refractivity contribution in [2.24, 2.45) is 0 Å². The molecule has 1 aliphatic heterocycles. The Hall–Kier alpha value is -4.00. The zero-order chi connectivity index (χ0) is 19.8. The standard InChI is InChI=1S/C21H15NO6/c23-13-6-3-5-12(11-13)18-17(19(25)16-9-4-10-28-16)20(26)21(27)22(18)14-7-1-2-8-15(14)24/h1-11,18,23-24,26H. The number of rotatable bonds is 4. The average molecular weight is 377 g/mol. The number of aliphatic hydroxyl groups excluding tert-OH is 1. The second-order valence-electron chi connectivity index (χ2n) is 6.23. The van der Waals surface area contributed by atoms with Crippen LogP contribution in [0.4, 0.5) is 5.69 Å². The van der Waals surface area contributed by atoms with Crippen LogP contribution in [0.3, 0.4) is 0 Å². The third-order valence-electron chi connectivity index (χ3n) is 4.52. The van der Waals surface area contributed by atoms with Gasteiger partial charge in [-0.25, -0.2) is 0 Å². The van der Waals surface area contributed by atoms with E-state index in [1.54, 1.807) is 24.3 Å². The smallest absolute Gasteiger partial charge is 0.294 e. The minimum Gasteiger partial charge on any atom is -0.508 e. The van der Waals surface area contributed by atoms with E-state index in [1.165, 1.54) is 42.7 Å². The number of hydrogen-bond acceptors (Lipinski definition) is 6. The van der Waals surface area contributed by atoms with Crippen LogP contribution in [0.5, 0.6) is 11.5 Å². The monoisotopic (exact) mass is 377 g/mol. The van der Waals surface area contributed by atoms with Crippen molar-refractivity contribution in [3.05, 3.63) is 89.6 Å². The Morgan fingerprint density at radius 3 is 2.43 bits per heavy atom. The second-order valence-corrected chi connectivity index (χ2v) is 6.23. The average Bonchev–Trinajstić information content (AvgIpc) is 3.30. The highest BCUT2D eigenvalue weighted by Crippen LogP contribution is 2.44. The van der Waals surface area contributed by atoms with Crippen molar-refractivity contribution < 1.29 is 29.3 Å². The lowest BCUT2D eigenvalue weighted by Gasteiger charge is -2.27. The third-order valence-corrected chi connectivity index (χ3v) is 4.52. The Kier molecular flexibility index (Phi) is 4.12. The van der Waals surface area contributed by atoms with Gasteiger partial charge in [0.25, 0.3) is 5.91 Å². The lowest BCUT2D eigenvalue weighted by Crippen LogP contribution is -2.31. The predicted octanol–water partition coefficient (Wildman–Crippen LogP) is 3.47. The number of hydrogen-bond donors (Lipinski definition) is 3. The maximum Gasteiger partial charge on any atom is 0.294 e. The van der Waals surface area contributed by atoms with E-state index in [2.05, 4.69) is 0 Å². The number of aliphatic hydroxyl groups is 1. The zero-order valence-corrected chi connectivity index (χ0v) is 14.4. The summed E-state index contributed by atoms with van der Waals surface area (Å²) in [5, 5.41) is 30.7. The molecule has 0 radical (unpaired) electrons. The molecule has 28 heavy (non-hydrogen) atoms. The molecule has 1 atom stereocenters. The van der Waals surface area contributed by atoms with Gasteiger partial charge in [-0.05, 0) is 42.0 Å². The summed E-state index contributed by atoms with van der Waals surface area (Å²) in [6.45, 7) is 0. The number of phenolic OH excluding ortho intramolecular Hbond substituents is 2. The number of nitrogens with zero attached hydrogens (tertiary/aromatic N) is 1. The van der Waals surface area contributed by atoms with Gasteiger partial charge in [-0.15, -0.1) is 0 Å². The minimum absolute atomic E-state index is 0.0429. The summed E-state index contributed by atoms with van der Waals surface area (Å²) in [7, 11) is 0. The maximum absolute atomic E-state index is 13.0. The molecule has 0 spiro atoms. The van der Waals surface area contributed by atoms with Crippen molar-refractivity contribution in [1.82, 2.24) is 0 Å². The van der Waals surface area contributed by atoms with E-state index in [0.29, 0.717) is 5.56 Å². The number of carbonyl (C=O) groups excluding carboxylic acids is 2. The van der Waals surface area contributed by atoms with Gasteiger partial charge in [0.1, 0.15) is 11.5 Å². The molecule has 1 amide bonds. The van der Waals surface area contributed by atoms with E-state index >= 15 is 0 Å². The molecule has 0 saturated carbocycles. The maximum atomic E-state index is 13.0. The van der Waals surface area contributed by atoms with Crippen LogP contribution in [-0.4, -0.2) is 27.0 Å². The number of Topliss-reactive ketones (excluding diaryl/α,β-unsaturated/α-hetero) is 1. The van der Waals surface area contributed by atoms with Gasteiger partial charge in [0.2, 0.25) is 5.78 Å². The molecule has 2 heterocycles. The molecule has 7 nitrogen and oxygen atoms in total. The number of phenols is 2. The van der Waals surface area contributed by atoms with Crippen LogP contribution < -0.4 is 4.90 Å². The Balaban J connectivity index is 1.92. The molecule has 140 valence electrons. The van der Waals surface area contributed by atoms with Crippen molar-refractivity contribution in [2.75, 3.05) is 4.90 Å². The second kappa shape index (κ2) is 6.62. The fraction of sp³-hybridized carbons (Fsp3) is 0.0476. The zero-order valence-electron chi connectivity index (χ0n) is 14.4. The first-order valence-corrected chi connectivity index (χ1v) is 8.41.